The van der Waals surface area contributed by atoms with Gasteiger partial charge in [0.25, 0.3) is 0 Å². The van der Waals surface area contributed by atoms with E-state index in [1.165, 1.54) is 43.2 Å². The van der Waals surface area contributed by atoms with Crippen LogP contribution in [-0.4, -0.2) is 29.6 Å². The van der Waals surface area contributed by atoms with Crippen molar-refractivity contribution in [1.29, 1.82) is 0 Å². The van der Waals surface area contributed by atoms with Crippen molar-refractivity contribution in [2.24, 2.45) is 0 Å². The second kappa shape index (κ2) is 8.34. The zero-order valence-electron chi connectivity index (χ0n) is 14.7. The molecular weight excluding hydrogens is 294 g/mol. The van der Waals surface area contributed by atoms with Gasteiger partial charge in [-0.3, -0.25) is 0 Å². The molecule has 0 spiro atoms. The van der Waals surface area contributed by atoms with Gasteiger partial charge in [-0.15, -0.1) is 0 Å². The van der Waals surface area contributed by atoms with Gasteiger partial charge in [0, 0.05) is 6.04 Å². The summed E-state index contributed by atoms with van der Waals surface area (Å²) in [5, 5.41) is 9.34. The maximum atomic E-state index is 9.34. The summed E-state index contributed by atoms with van der Waals surface area (Å²) in [4.78, 5) is 2.56. The third kappa shape index (κ3) is 4.61. The molecule has 0 aliphatic heterocycles. The van der Waals surface area contributed by atoms with Crippen molar-refractivity contribution >= 4 is 0 Å². The molecule has 0 bridgehead atoms. The topological polar surface area (TPSA) is 23.5 Å². The van der Waals surface area contributed by atoms with E-state index in [9.17, 15) is 5.11 Å². The minimum Gasteiger partial charge on any atom is -0.508 e. The SMILES string of the molecule is CN(CCCc1ccc(O)cc1)C1CCC(c2ccccc2)CC1. The molecule has 0 radical (unpaired) electrons. The van der Waals surface area contributed by atoms with Crippen molar-refractivity contribution in [3.05, 3.63) is 65.7 Å². The lowest BCUT2D eigenvalue weighted by Crippen LogP contribution is -2.35. The van der Waals surface area contributed by atoms with Gasteiger partial charge in [0.2, 0.25) is 0 Å². The summed E-state index contributed by atoms with van der Waals surface area (Å²) in [5.74, 6) is 1.11. The maximum Gasteiger partial charge on any atom is 0.115 e. The van der Waals surface area contributed by atoms with E-state index in [2.05, 4.69) is 42.3 Å². The summed E-state index contributed by atoms with van der Waals surface area (Å²) in [5.41, 5.74) is 2.83. The second-order valence-corrected chi connectivity index (χ2v) is 7.17. The molecule has 3 rings (SSSR count). The molecule has 2 heteroatoms. The molecule has 2 aromatic rings. The summed E-state index contributed by atoms with van der Waals surface area (Å²) in [6.07, 6.45) is 7.53. The minimum absolute atomic E-state index is 0.353. The average Bonchev–Trinajstić information content (AvgIpc) is 2.64. The van der Waals surface area contributed by atoms with Crippen molar-refractivity contribution in [2.45, 2.75) is 50.5 Å². The van der Waals surface area contributed by atoms with Gasteiger partial charge >= 0.3 is 0 Å². The van der Waals surface area contributed by atoms with E-state index in [-0.39, 0.29) is 0 Å². The molecule has 0 amide bonds. The van der Waals surface area contributed by atoms with Crippen LogP contribution in [0.15, 0.2) is 54.6 Å². The number of hydrogen-bond acceptors (Lipinski definition) is 2. The molecule has 0 aromatic heterocycles. The first-order chi connectivity index (χ1) is 11.7. The van der Waals surface area contributed by atoms with E-state index in [0.29, 0.717) is 5.75 Å². The van der Waals surface area contributed by atoms with Crippen LogP contribution in [0, 0.1) is 0 Å². The summed E-state index contributed by atoms with van der Waals surface area (Å²) in [7, 11) is 2.28. The molecule has 1 aliphatic rings. The Bertz CT molecular complexity index is 600. The van der Waals surface area contributed by atoms with Crippen LogP contribution >= 0.6 is 0 Å². The van der Waals surface area contributed by atoms with Gasteiger partial charge in [0.15, 0.2) is 0 Å². The smallest absolute Gasteiger partial charge is 0.115 e. The third-order valence-corrected chi connectivity index (χ3v) is 5.50. The average molecular weight is 323 g/mol. The molecule has 1 fully saturated rings. The Kier molecular flexibility index (Phi) is 5.92. The molecule has 2 nitrogen and oxygen atoms in total. The number of phenolic OH excluding ortho intramolecular Hbond substituents is 1. The lowest BCUT2D eigenvalue weighted by atomic mass is 9.81. The molecular formula is C22H29NO. The molecule has 0 unspecified atom stereocenters. The van der Waals surface area contributed by atoms with E-state index < -0.39 is 0 Å². The normalized spacial score (nSPS) is 21.1. The van der Waals surface area contributed by atoms with Gasteiger partial charge in [-0.05, 0) is 81.3 Å². The Labute approximate surface area is 146 Å². The first-order valence-corrected chi connectivity index (χ1v) is 9.25. The monoisotopic (exact) mass is 323 g/mol. The molecule has 24 heavy (non-hydrogen) atoms. The van der Waals surface area contributed by atoms with E-state index in [1.54, 1.807) is 12.1 Å². The molecule has 0 heterocycles. The van der Waals surface area contributed by atoms with Crippen molar-refractivity contribution < 1.29 is 5.11 Å². The highest BCUT2D eigenvalue weighted by atomic mass is 16.3. The fourth-order valence-electron chi connectivity index (χ4n) is 3.95. The molecule has 0 saturated heterocycles. The number of nitrogens with zero attached hydrogens (tertiary/aromatic N) is 1. The molecule has 128 valence electrons. The minimum atomic E-state index is 0.353. The molecule has 2 aromatic carbocycles. The summed E-state index contributed by atoms with van der Waals surface area (Å²) in [6.45, 7) is 1.15. The number of aryl methyl sites for hydroxylation is 1. The highest BCUT2D eigenvalue weighted by molar-refractivity contribution is 5.25. The second-order valence-electron chi connectivity index (χ2n) is 7.17. The number of aromatic hydroxyl groups is 1. The number of phenols is 1. The number of hydrogen-bond donors (Lipinski definition) is 1. The van der Waals surface area contributed by atoms with Crippen molar-refractivity contribution in [3.8, 4) is 5.75 Å². The highest BCUT2D eigenvalue weighted by Gasteiger charge is 2.24. The van der Waals surface area contributed by atoms with Crippen molar-refractivity contribution in [3.63, 3.8) is 0 Å². The number of rotatable bonds is 6. The fourth-order valence-corrected chi connectivity index (χ4v) is 3.95. The molecule has 0 atom stereocenters. The standard InChI is InChI=1S/C22H29NO/c1-23(17-5-6-18-9-15-22(24)16-10-18)21-13-11-20(12-14-21)19-7-3-2-4-8-19/h2-4,7-10,15-16,20-21,24H,5-6,11-14,17H2,1H3. The Morgan fingerprint density at radius 2 is 1.58 bits per heavy atom. The van der Waals surface area contributed by atoms with Gasteiger partial charge in [-0.1, -0.05) is 42.5 Å². The van der Waals surface area contributed by atoms with E-state index >= 15 is 0 Å². The summed E-state index contributed by atoms with van der Waals surface area (Å²) >= 11 is 0. The lowest BCUT2D eigenvalue weighted by Gasteiger charge is -2.35. The maximum absolute atomic E-state index is 9.34. The quantitative estimate of drug-likeness (QED) is 0.810. The zero-order chi connectivity index (χ0) is 16.8. The number of benzene rings is 2. The van der Waals surface area contributed by atoms with Crippen LogP contribution in [0.4, 0.5) is 0 Å². The molecule has 1 aliphatic carbocycles. The summed E-state index contributed by atoms with van der Waals surface area (Å²) < 4.78 is 0. The Balaban J connectivity index is 1.40. The van der Waals surface area contributed by atoms with Gasteiger partial charge < -0.3 is 10.0 Å². The van der Waals surface area contributed by atoms with Crippen LogP contribution in [0.3, 0.4) is 0 Å². The Morgan fingerprint density at radius 3 is 2.25 bits per heavy atom. The van der Waals surface area contributed by atoms with Gasteiger partial charge in [0.1, 0.15) is 5.75 Å². The first kappa shape index (κ1) is 17.0. The van der Waals surface area contributed by atoms with E-state index in [1.807, 2.05) is 12.1 Å². The van der Waals surface area contributed by atoms with Crippen LogP contribution in [0.2, 0.25) is 0 Å². The van der Waals surface area contributed by atoms with Crippen LogP contribution in [0.5, 0.6) is 5.75 Å². The van der Waals surface area contributed by atoms with Gasteiger partial charge in [-0.25, -0.2) is 0 Å². The van der Waals surface area contributed by atoms with Crippen molar-refractivity contribution in [2.75, 3.05) is 13.6 Å². The zero-order valence-corrected chi connectivity index (χ0v) is 14.7. The molecule has 1 saturated carbocycles. The predicted octanol–water partition coefficient (Wildman–Crippen LogP) is 4.98. The van der Waals surface area contributed by atoms with Crippen LogP contribution in [0.25, 0.3) is 0 Å². The van der Waals surface area contributed by atoms with Crippen molar-refractivity contribution in [1.82, 2.24) is 4.90 Å². The Hall–Kier alpha value is -1.80. The third-order valence-electron chi connectivity index (χ3n) is 5.50. The molecule has 1 N–H and O–H groups in total. The van der Waals surface area contributed by atoms with E-state index in [4.69, 9.17) is 0 Å². The van der Waals surface area contributed by atoms with Gasteiger partial charge in [0.05, 0.1) is 0 Å². The largest absolute Gasteiger partial charge is 0.508 e. The summed E-state index contributed by atoms with van der Waals surface area (Å²) in [6, 6.07) is 19.4. The van der Waals surface area contributed by atoms with E-state index in [0.717, 1.165) is 24.9 Å². The highest BCUT2D eigenvalue weighted by Crippen LogP contribution is 2.34. The van der Waals surface area contributed by atoms with Crippen LogP contribution in [-0.2, 0) is 6.42 Å². The first-order valence-electron chi connectivity index (χ1n) is 9.25. The van der Waals surface area contributed by atoms with Gasteiger partial charge in [-0.2, -0.15) is 0 Å². The Morgan fingerprint density at radius 1 is 0.917 bits per heavy atom. The predicted molar refractivity (Wildman–Crippen MR) is 100 cm³/mol. The fraction of sp³-hybridized carbons (Fsp3) is 0.455. The van der Waals surface area contributed by atoms with Crippen LogP contribution < -0.4 is 0 Å². The lowest BCUT2D eigenvalue weighted by molar-refractivity contribution is 0.181. The van der Waals surface area contributed by atoms with Crippen LogP contribution in [0.1, 0.15) is 49.1 Å².